The predicted molar refractivity (Wildman–Crippen MR) is 84.0 cm³/mol. The molecule has 0 aliphatic heterocycles. The average Bonchev–Trinajstić information content (AvgIpc) is 2.54. The summed E-state index contributed by atoms with van der Waals surface area (Å²) in [6.45, 7) is 0. The van der Waals surface area contributed by atoms with Gasteiger partial charge < -0.3 is 5.32 Å². The van der Waals surface area contributed by atoms with Gasteiger partial charge in [-0.2, -0.15) is 0 Å². The predicted octanol–water partition coefficient (Wildman–Crippen LogP) is 3.26. The lowest BCUT2D eigenvalue weighted by molar-refractivity contribution is -0.116. The lowest BCUT2D eigenvalue weighted by Gasteiger charge is -2.09. The molecule has 2 aromatic rings. The number of amides is 1. The van der Waals surface area contributed by atoms with Crippen molar-refractivity contribution in [1.29, 1.82) is 0 Å². The molecule has 21 heavy (non-hydrogen) atoms. The molecule has 0 spiro atoms. The maximum atomic E-state index is 12.0. The average molecular weight is 300 g/mol. The normalized spacial score (nSPS) is 12.0. The van der Waals surface area contributed by atoms with Gasteiger partial charge in [0.2, 0.25) is 5.91 Å². The van der Waals surface area contributed by atoms with Crippen molar-refractivity contribution >= 4 is 29.4 Å². The van der Waals surface area contributed by atoms with Crippen LogP contribution in [0.25, 0.3) is 6.08 Å². The van der Waals surface area contributed by atoms with Gasteiger partial charge in [-0.3, -0.25) is 9.59 Å². The Labute approximate surface area is 128 Å². The highest BCUT2D eigenvalue weighted by molar-refractivity contribution is 6.34. The van der Waals surface area contributed by atoms with Crippen LogP contribution in [0.4, 0.5) is 0 Å². The van der Waals surface area contributed by atoms with E-state index in [9.17, 15) is 9.59 Å². The molecule has 0 radical (unpaired) electrons. The van der Waals surface area contributed by atoms with E-state index in [1.165, 1.54) is 6.08 Å². The first kappa shape index (κ1) is 15.0. The summed E-state index contributed by atoms with van der Waals surface area (Å²) in [4.78, 5) is 23.7. The molecule has 0 saturated heterocycles. The van der Waals surface area contributed by atoms with Crippen molar-refractivity contribution in [2.45, 2.75) is 5.50 Å². The molecule has 2 aromatic carbocycles. The van der Waals surface area contributed by atoms with Crippen LogP contribution in [0.1, 0.15) is 15.9 Å². The molecule has 0 heterocycles. The van der Waals surface area contributed by atoms with Crippen molar-refractivity contribution in [1.82, 2.24) is 5.32 Å². The summed E-state index contributed by atoms with van der Waals surface area (Å²) in [5, 5.41) is 2.44. The molecule has 106 valence electrons. The molecule has 1 atom stereocenters. The number of carbonyl (C=O) groups is 2. The molecule has 1 amide bonds. The molecule has 3 nitrogen and oxygen atoms in total. The summed E-state index contributed by atoms with van der Waals surface area (Å²) in [6.07, 6.45) is 3.01. The number of hydrogen-bond donors (Lipinski definition) is 1. The largest absolute Gasteiger partial charge is 0.330 e. The zero-order valence-corrected chi connectivity index (χ0v) is 12.0. The number of hydrogen-bond acceptors (Lipinski definition) is 2. The van der Waals surface area contributed by atoms with Crippen molar-refractivity contribution in [3.63, 3.8) is 0 Å². The molecule has 0 bridgehead atoms. The standard InChI is InChI=1S/C17H14ClNO2/c18-17(16(21)14-9-5-2-6-10-14)19-15(20)12-11-13-7-3-1-4-8-13/h1-12,17H,(H,19,20). The Balaban J connectivity index is 1.93. The number of ketones is 1. The molecule has 4 heteroatoms. The number of rotatable bonds is 5. The zero-order chi connectivity index (χ0) is 15.1. The maximum absolute atomic E-state index is 12.0. The fourth-order valence-corrected chi connectivity index (χ4v) is 1.96. The lowest BCUT2D eigenvalue weighted by Crippen LogP contribution is -2.35. The van der Waals surface area contributed by atoms with Crippen LogP contribution in [0.3, 0.4) is 0 Å². The van der Waals surface area contributed by atoms with E-state index < -0.39 is 11.4 Å². The summed E-state index contributed by atoms with van der Waals surface area (Å²) >= 11 is 5.93. The molecule has 1 unspecified atom stereocenters. The van der Waals surface area contributed by atoms with Crippen LogP contribution < -0.4 is 5.32 Å². The van der Waals surface area contributed by atoms with Gasteiger partial charge in [-0.1, -0.05) is 72.3 Å². The Morgan fingerprint density at radius 3 is 2.14 bits per heavy atom. The van der Waals surface area contributed by atoms with Crippen LogP contribution in [0.5, 0.6) is 0 Å². The number of carbonyl (C=O) groups excluding carboxylic acids is 2. The first-order valence-electron chi connectivity index (χ1n) is 6.44. The minimum atomic E-state index is -1.08. The van der Waals surface area contributed by atoms with Crippen molar-refractivity contribution in [2.75, 3.05) is 0 Å². The summed E-state index contributed by atoms with van der Waals surface area (Å²) < 4.78 is 0. The molecular weight excluding hydrogens is 286 g/mol. The molecule has 0 saturated carbocycles. The van der Waals surface area contributed by atoms with Gasteiger partial charge in [0.15, 0.2) is 11.3 Å². The van der Waals surface area contributed by atoms with E-state index in [0.29, 0.717) is 5.56 Å². The van der Waals surface area contributed by atoms with Crippen LogP contribution in [0, 0.1) is 0 Å². The monoisotopic (exact) mass is 299 g/mol. The van der Waals surface area contributed by atoms with Crippen LogP contribution in [0.2, 0.25) is 0 Å². The van der Waals surface area contributed by atoms with Crippen LogP contribution in [-0.4, -0.2) is 17.2 Å². The second-order valence-electron chi connectivity index (χ2n) is 4.35. The minimum Gasteiger partial charge on any atom is -0.330 e. The zero-order valence-electron chi connectivity index (χ0n) is 11.2. The van der Waals surface area contributed by atoms with E-state index in [0.717, 1.165) is 5.56 Å². The Morgan fingerprint density at radius 1 is 0.952 bits per heavy atom. The molecule has 0 aromatic heterocycles. The van der Waals surface area contributed by atoms with Gasteiger partial charge >= 0.3 is 0 Å². The first-order valence-corrected chi connectivity index (χ1v) is 6.87. The fourth-order valence-electron chi connectivity index (χ4n) is 1.72. The third kappa shape index (κ3) is 4.58. The topological polar surface area (TPSA) is 46.2 Å². The number of halogens is 1. The van der Waals surface area contributed by atoms with E-state index in [4.69, 9.17) is 11.6 Å². The van der Waals surface area contributed by atoms with E-state index in [-0.39, 0.29) is 5.78 Å². The Hall–Kier alpha value is -2.39. The first-order chi connectivity index (χ1) is 10.2. The van der Waals surface area contributed by atoms with Crippen LogP contribution in [0.15, 0.2) is 66.7 Å². The van der Waals surface area contributed by atoms with Gasteiger partial charge in [-0.05, 0) is 11.6 Å². The Kier molecular flexibility index (Phi) is 5.29. The van der Waals surface area contributed by atoms with Crippen molar-refractivity contribution < 1.29 is 9.59 Å². The van der Waals surface area contributed by atoms with Gasteiger partial charge in [0.1, 0.15) is 0 Å². The second kappa shape index (κ2) is 7.41. The van der Waals surface area contributed by atoms with Gasteiger partial charge in [-0.15, -0.1) is 0 Å². The van der Waals surface area contributed by atoms with Crippen molar-refractivity contribution in [2.24, 2.45) is 0 Å². The number of Topliss-reactive ketones (excluding diaryl/α,β-unsaturated/α-hetero) is 1. The maximum Gasteiger partial charge on any atom is 0.245 e. The number of nitrogens with one attached hydrogen (secondary N) is 1. The van der Waals surface area contributed by atoms with Gasteiger partial charge in [0, 0.05) is 11.6 Å². The van der Waals surface area contributed by atoms with Gasteiger partial charge in [-0.25, -0.2) is 0 Å². The van der Waals surface area contributed by atoms with Gasteiger partial charge in [0.05, 0.1) is 0 Å². The van der Waals surface area contributed by atoms with Crippen molar-refractivity contribution in [3.05, 3.63) is 77.9 Å². The molecule has 0 fully saturated rings. The van der Waals surface area contributed by atoms with E-state index in [1.54, 1.807) is 36.4 Å². The third-order valence-corrected chi connectivity index (χ3v) is 3.09. The highest BCUT2D eigenvalue weighted by atomic mass is 35.5. The molecule has 1 N–H and O–H groups in total. The highest BCUT2D eigenvalue weighted by Crippen LogP contribution is 2.07. The summed E-state index contributed by atoms with van der Waals surface area (Å²) in [5.74, 6) is -0.748. The quantitative estimate of drug-likeness (QED) is 0.399. The van der Waals surface area contributed by atoms with Crippen LogP contribution >= 0.6 is 11.6 Å². The van der Waals surface area contributed by atoms with Crippen LogP contribution in [-0.2, 0) is 4.79 Å². The Bertz CT molecular complexity index is 638. The molecule has 0 aliphatic rings. The van der Waals surface area contributed by atoms with E-state index >= 15 is 0 Å². The summed E-state index contributed by atoms with van der Waals surface area (Å²) in [7, 11) is 0. The fraction of sp³-hybridized carbons (Fsp3) is 0.0588. The van der Waals surface area contributed by atoms with Crippen molar-refractivity contribution in [3.8, 4) is 0 Å². The molecule has 2 rings (SSSR count). The smallest absolute Gasteiger partial charge is 0.245 e. The summed E-state index contributed by atoms with van der Waals surface area (Å²) in [5.41, 5.74) is 0.276. The second-order valence-corrected chi connectivity index (χ2v) is 4.78. The summed E-state index contributed by atoms with van der Waals surface area (Å²) in [6, 6.07) is 18.0. The number of benzene rings is 2. The SMILES string of the molecule is O=C(C=Cc1ccccc1)NC(Cl)C(=O)c1ccccc1. The lowest BCUT2D eigenvalue weighted by atomic mass is 10.1. The molecular formula is C17H14ClNO2. The van der Waals surface area contributed by atoms with Gasteiger partial charge in [0.25, 0.3) is 0 Å². The number of alkyl halides is 1. The minimum absolute atomic E-state index is 0.335. The highest BCUT2D eigenvalue weighted by Gasteiger charge is 2.18. The Morgan fingerprint density at radius 2 is 1.52 bits per heavy atom. The molecule has 0 aliphatic carbocycles. The third-order valence-electron chi connectivity index (χ3n) is 2.78. The van der Waals surface area contributed by atoms with E-state index in [1.807, 2.05) is 30.3 Å². The van der Waals surface area contributed by atoms with E-state index in [2.05, 4.69) is 5.32 Å².